The molecule has 1 heterocycles. The van der Waals surface area contributed by atoms with Crippen molar-refractivity contribution in [1.29, 1.82) is 0 Å². The van der Waals surface area contributed by atoms with Crippen LogP contribution in [0.25, 0.3) is 11.3 Å². The molecule has 7 heteroatoms. The number of carbonyl (C=O) groups is 2. The first kappa shape index (κ1) is 21.6. The van der Waals surface area contributed by atoms with E-state index < -0.39 is 0 Å². The number of aromatic nitrogens is 2. The normalized spacial score (nSPS) is 10.6. The van der Waals surface area contributed by atoms with Crippen LogP contribution in [-0.2, 0) is 16.1 Å². The number of methoxy groups -OCH3 is 1. The zero-order valence-electron chi connectivity index (χ0n) is 16.8. The van der Waals surface area contributed by atoms with Crippen LogP contribution in [0.2, 0.25) is 5.02 Å². The molecule has 0 radical (unpaired) electrons. The van der Waals surface area contributed by atoms with E-state index in [1.807, 2.05) is 42.5 Å². The summed E-state index contributed by atoms with van der Waals surface area (Å²) in [6, 6.07) is 17.2. The van der Waals surface area contributed by atoms with Crippen LogP contribution in [0.3, 0.4) is 0 Å². The van der Waals surface area contributed by atoms with Gasteiger partial charge in [0, 0.05) is 29.7 Å². The number of nitrogens with zero attached hydrogens (tertiary/aromatic N) is 2. The number of unbranched alkanes of at least 4 members (excludes halogenated alkanes) is 1. The summed E-state index contributed by atoms with van der Waals surface area (Å²) in [6.07, 6.45) is 3.46. The Balaban J connectivity index is 1.74. The molecule has 0 spiro atoms. The topological polar surface area (TPSA) is 73.2 Å². The lowest BCUT2D eigenvalue weighted by Gasteiger charge is -2.05. The molecule has 3 aromatic rings. The number of ether oxygens (including phenoxy) is 1. The van der Waals surface area contributed by atoms with Crippen LogP contribution in [0.5, 0.6) is 0 Å². The van der Waals surface area contributed by atoms with Gasteiger partial charge in [-0.3, -0.25) is 14.3 Å². The van der Waals surface area contributed by atoms with Crippen molar-refractivity contribution in [3.8, 4) is 11.3 Å². The molecule has 1 aromatic heterocycles. The Morgan fingerprint density at radius 3 is 2.50 bits per heavy atom. The van der Waals surface area contributed by atoms with Gasteiger partial charge in [-0.25, -0.2) is 0 Å². The van der Waals surface area contributed by atoms with Crippen molar-refractivity contribution in [2.75, 3.05) is 13.7 Å². The van der Waals surface area contributed by atoms with Gasteiger partial charge in [-0.05, 0) is 30.5 Å². The first-order valence-electron chi connectivity index (χ1n) is 9.79. The number of rotatable bonds is 9. The standard InChI is InChI=1S/C23H24ClN3O3/c1-30-21(28)9-5-6-14-25-23(29)20-16-27(15-17-7-3-2-4-8-17)26-22(20)18-10-12-19(24)13-11-18/h2-4,7-8,10-13,16H,5-6,9,14-15H2,1H3,(H,25,29). The van der Waals surface area contributed by atoms with Gasteiger partial charge in [0.15, 0.2) is 0 Å². The highest BCUT2D eigenvalue weighted by molar-refractivity contribution is 6.30. The molecule has 0 atom stereocenters. The average molecular weight is 426 g/mol. The molecule has 0 unspecified atom stereocenters. The number of carbonyl (C=O) groups excluding carboxylic acids is 2. The minimum absolute atomic E-state index is 0.197. The fraction of sp³-hybridized carbons (Fsp3) is 0.261. The van der Waals surface area contributed by atoms with Gasteiger partial charge >= 0.3 is 5.97 Å². The summed E-state index contributed by atoms with van der Waals surface area (Å²) in [5.41, 5.74) is 3.02. The number of benzene rings is 2. The quantitative estimate of drug-likeness (QED) is 0.409. The third-order valence-electron chi connectivity index (χ3n) is 4.63. The Hall–Kier alpha value is -3.12. The van der Waals surface area contributed by atoms with Crippen molar-refractivity contribution in [3.05, 3.63) is 76.9 Å². The molecule has 0 bridgehead atoms. The first-order chi connectivity index (χ1) is 14.6. The van der Waals surface area contributed by atoms with E-state index in [0.29, 0.717) is 48.6 Å². The van der Waals surface area contributed by atoms with Gasteiger partial charge in [0.25, 0.3) is 5.91 Å². The number of nitrogens with one attached hydrogen (secondary N) is 1. The maximum atomic E-state index is 12.8. The van der Waals surface area contributed by atoms with Crippen LogP contribution < -0.4 is 5.32 Å². The van der Waals surface area contributed by atoms with Gasteiger partial charge in [-0.15, -0.1) is 0 Å². The number of amides is 1. The maximum Gasteiger partial charge on any atom is 0.305 e. The summed E-state index contributed by atoms with van der Waals surface area (Å²) in [7, 11) is 1.37. The monoisotopic (exact) mass is 425 g/mol. The first-order valence-corrected chi connectivity index (χ1v) is 10.2. The molecule has 6 nitrogen and oxygen atoms in total. The summed E-state index contributed by atoms with van der Waals surface area (Å²) in [4.78, 5) is 24.0. The second kappa shape index (κ2) is 10.6. The Bertz CT molecular complexity index is 985. The van der Waals surface area contributed by atoms with E-state index in [4.69, 9.17) is 11.6 Å². The van der Waals surface area contributed by atoms with Crippen LogP contribution >= 0.6 is 11.6 Å². The van der Waals surface area contributed by atoms with Gasteiger partial charge in [-0.2, -0.15) is 5.10 Å². The summed E-state index contributed by atoms with van der Waals surface area (Å²) < 4.78 is 6.39. The van der Waals surface area contributed by atoms with Crippen LogP contribution in [-0.4, -0.2) is 35.3 Å². The molecule has 0 aliphatic rings. The van der Waals surface area contributed by atoms with E-state index in [1.165, 1.54) is 7.11 Å². The van der Waals surface area contributed by atoms with Gasteiger partial charge in [-0.1, -0.05) is 54.1 Å². The molecule has 0 saturated carbocycles. The summed E-state index contributed by atoms with van der Waals surface area (Å²) >= 11 is 6.01. The van der Waals surface area contributed by atoms with E-state index in [2.05, 4.69) is 15.2 Å². The van der Waals surface area contributed by atoms with Gasteiger partial charge < -0.3 is 10.1 Å². The molecule has 3 rings (SSSR count). The minimum Gasteiger partial charge on any atom is -0.469 e. The summed E-state index contributed by atoms with van der Waals surface area (Å²) in [5, 5.41) is 8.20. The summed E-state index contributed by atoms with van der Waals surface area (Å²) in [6.45, 7) is 1.04. The number of hydrogen-bond donors (Lipinski definition) is 1. The zero-order chi connectivity index (χ0) is 21.3. The van der Waals surface area contributed by atoms with Crippen molar-refractivity contribution >= 4 is 23.5 Å². The van der Waals surface area contributed by atoms with Crippen LogP contribution in [0.15, 0.2) is 60.8 Å². The lowest BCUT2D eigenvalue weighted by Crippen LogP contribution is -2.24. The molecular weight excluding hydrogens is 402 g/mol. The Labute approximate surface area is 180 Å². The molecule has 1 N–H and O–H groups in total. The van der Waals surface area contributed by atoms with E-state index >= 15 is 0 Å². The lowest BCUT2D eigenvalue weighted by atomic mass is 10.1. The summed E-state index contributed by atoms with van der Waals surface area (Å²) in [5.74, 6) is -0.439. The van der Waals surface area contributed by atoms with Crippen LogP contribution in [0, 0.1) is 0 Å². The highest BCUT2D eigenvalue weighted by Gasteiger charge is 2.18. The lowest BCUT2D eigenvalue weighted by molar-refractivity contribution is -0.140. The molecule has 30 heavy (non-hydrogen) atoms. The van der Waals surface area contributed by atoms with E-state index in [9.17, 15) is 9.59 Å². The Morgan fingerprint density at radius 2 is 1.80 bits per heavy atom. The van der Waals surface area contributed by atoms with Crippen molar-refractivity contribution in [1.82, 2.24) is 15.1 Å². The van der Waals surface area contributed by atoms with Crippen molar-refractivity contribution in [3.63, 3.8) is 0 Å². The van der Waals surface area contributed by atoms with Crippen molar-refractivity contribution < 1.29 is 14.3 Å². The van der Waals surface area contributed by atoms with Crippen LogP contribution in [0.4, 0.5) is 0 Å². The van der Waals surface area contributed by atoms with E-state index in [1.54, 1.807) is 23.0 Å². The largest absolute Gasteiger partial charge is 0.469 e. The molecule has 0 aliphatic carbocycles. The fourth-order valence-corrected chi connectivity index (χ4v) is 3.18. The molecule has 0 saturated heterocycles. The Kier molecular flexibility index (Phi) is 7.63. The van der Waals surface area contributed by atoms with Gasteiger partial charge in [0.05, 0.1) is 19.2 Å². The average Bonchev–Trinajstić information content (AvgIpc) is 3.18. The van der Waals surface area contributed by atoms with Crippen LogP contribution in [0.1, 0.15) is 35.2 Å². The maximum absolute atomic E-state index is 12.8. The fourth-order valence-electron chi connectivity index (χ4n) is 3.05. The minimum atomic E-state index is -0.242. The predicted octanol–water partition coefficient (Wildman–Crippen LogP) is 4.32. The highest BCUT2D eigenvalue weighted by Crippen LogP contribution is 2.24. The van der Waals surface area contributed by atoms with E-state index in [0.717, 1.165) is 11.1 Å². The third-order valence-corrected chi connectivity index (χ3v) is 4.88. The molecule has 156 valence electrons. The zero-order valence-corrected chi connectivity index (χ0v) is 17.6. The number of esters is 1. The number of hydrogen-bond acceptors (Lipinski definition) is 4. The SMILES string of the molecule is COC(=O)CCCCNC(=O)c1cn(Cc2ccccc2)nc1-c1ccc(Cl)cc1. The molecule has 1 amide bonds. The number of halogens is 1. The van der Waals surface area contributed by atoms with Gasteiger partial charge in [0.1, 0.15) is 5.69 Å². The molecule has 0 aliphatic heterocycles. The second-order valence-corrected chi connectivity index (χ2v) is 7.31. The van der Waals surface area contributed by atoms with Crippen molar-refractivity contribution in [2.24, 2.45) is 0 Å². The van der Waals surface area contributed by atoms with Crippen molar-refractivity contribution in [2.45, 2.75) is 25.8 Å². The third kappa shape index (κ3) is 5.94. The molecular formula is C23H24ClN3O3. The smallest absolute Gasteiger partial charge is 0.305 e. The predicted molar refractivity (Wildman–Crippen MR) is 116 cm³/mol. The van der Waals surface area contributed by atoms with Gasteiger partial charge in [0.2, 0.25) is 0 Å². The second-order valence-electron chi connectivity index (χ2n) is 6.87. The highest BCUT2D eigenvalue weighted by atomic mass is 35.5. The Morgan fingerprint density at radius 1 is 1.07 bits per heavy atom. The molecule has 0 fully saturated rings. The molecule has 2 aromatic carbocycles. The van der Waals surface area contributed by atoms with E-state index in [-0.39, 0.29) is 11.9 Å².